The van der Waals surface area contributed by atoms with Crippen molar-refractivity contribution in [3.8, 4) is 11.5 Å². The highest BCUT2D eigenvalue weighted by atomic mass is 35.5. The summed E-state index contributed by atoms with van der Waals surface area (Å²) in [5.74, 6) is -2.16. The van der Waals surface area contributed by atoms with Crippen LogP contribution in [0.15, 0.2) is 307 Å². The molecule has 4 heterocycles. The van der Waals surface area contributed by atoms with Crippen molar-refractivity contribution in [3.63, 3.8) is 0 Å². The average molecular weight is 1300 g/mol. The molecule has 94 heavy (non-hydrogen) atoms. The van der Waals surface area contributed by atoms with Gasteiger partial charge in [0.15, 0.2) is 28.4 Å². The number of rotatable bonds is 24. The van der Waals surface area contributed by atoms with Crippen molar-refractivity contribution in [3.05, 3.63) is 363 Å². The monoisotopic (exact) mass is 1300 g/mol. The lowest BCUT2D eigenvalue weighted by atomic mass is 9.77. The second-order valence-corrected chi connectivity index (χ2v) is 24.4. The second kappa shape index (κ2) is 28.9. The highest BCUT2D eigenvalue weighted by Crippen LogP contribution is 2.45. The number of esters is 1. The lowest BCUT2D eigenvalue weighted by Crippen LogP contribution is -2.71. The van der Waals surface area contributed by atoms with E-state index in [9.17, 15) is 14.7 Å². The summed E-state index contributed by atoms with van der Waals surface area (Å²) >= 11 is 9.16. The molecular formula is C77H61ClN6O8S2. The molecule has 11 aromatic rings. The summed E-state index contributed by atoms with van der Waals surface area (Å²) in [4.78, 5) is 63.0. The van der Waals surface area contributed by atoms with E-state index < -0.39 is 59.3 Å². The normalized spacial score (nSPS) is 15.0. The number of anilines is 1. The number of fused-ring (bicyclic) bond motifs is 1. The first kappa shape index (κ1) is 62.2. The maximum atomic E-state index is 15.6. The van der Waals surface area contributed by atoms with Crippen LogP contribution in [0.25, 0.3) is 0 Å². The van der Waals surface area contributed by atoms with Gasteiger partial charge in [0.1, 0.15) is 46.2 Å². The van der Waals surface area contributed by atoms with Gasteiger partial charge in [-0.15, -0.1) is 34.7 Å². The van der Waals surface area contributed by atoms with E-state index in [1.165, 1.54) is 40.3 Å². The number of oxime groups is 1. The van der Waals surface area contributed by atoms with E-state index in [0.29, 0.717) is 10.7 Å². The number of ether oxygens (including phenoxy) is 3. The van der Waals surface area contributed by atoms with Crippen molar-refractivity contribution in [1.82, 2.24) is 20.2 Å². The molecule has 3 N–H and O–H groups in total. The molecule has 466 valence electrons. The van der Waals surface area contributed by atoms with Crippen LogP contribution >= 0.6 is 34.7 Å². The van der Waals surface area contributed by atoms with Gasteiger partial charge in [0.05, 0.1) is 6.20 Å². The molecule has 13 rings (SSSR count). The summed E-state index contributed by atoms with van der Waals surface area (Å²) in [6.07, 6.45) is -2.41. The quantitative estimate of drug-likeness (QED) is 0.00995. The zero-order valence-corrected chi connectivity index (χ0v) is 52.8. The predicted molar refractivity (Wildman–Crippen MR) is 366 cm³/mol. The van der Waals surface area contributed by atoms with E-state index in [4.69, 9.17) is 40.6 Å². The van der Waals surface area contributed by atoms with Crippen molar-refractivity contribution in [1.29, 1.82) is 0 Å². The molecule has 9 aromatic carbocycles. The average Bonchev–Trinajstić information content (AvgIpc) is 0.789. The Hall–Kier alpha value is -10.6. The molecule has 1 fully saturated rings. The molecule has 1 unspecified atom stereocenters. The van der Waals surface area contributed by atoms with E-state index in [1.54, 1.807) is 5.38 Å². The van der Waals surface area contributed by atoms with Gasteiger partial charge >= 0.3 is 5.97 Å². The molecule has 14 nitrogen and oxygen atoms in total. The van der Waals surface area contributed by atoms with Gasteiger partial charge in [-0.3, -0.25) is 19.5 Å². The molecule has 3 atom stereocenters. The number of amides is 2. The third kappa shape index (κ3) is 13.4. The molecule has 1 saturated heterocycles. The maximum Gasteiger partial charge on any atom is 0.356 e. The number of hydrogen-bond donors (Lipinski definition) is 3. The number of benzene rings is 9. The van der Waals surface area contributed by atoms with Gasteiger partial charge in [-0.2, -0.15) is 0 Å². The summed E-state index contributed by atoms with van der Waals surface area (Å²) in [5.41, 5.74) is 6.69. The van der Waals surface area contributed by atoms with E-state index in [1.807, 2.05) is 273 Å². The van der Waals surface area contributed by atoms with Gasteiger partial charge in [-0.1, -0.05) is 278 Å². The fraction of sp³-hybridized carbons (Fsp3) is 0.117. The first-order chi connectivity index (χ1) is 46.2. The van der Waals surface area contributed by atoms with Gasteiger partial charge in [-0.25, -0.2) is 9.78 Å². The molecular weight excluding hydrogens is 1240 g/mol. The zero-order chi connectivity index (χ0) is 64.2. The summed E-state index contributed by atoms with van der Waals surface area (Å²) in [5, 5.41) is 24.8. The summed E-state index contributed by atoms with van der Waals surface area (Å²) in [6.45, 7) is 0. The van der Waals surface area contributed by atoms with Crippen LogP contribution in [0.1, 0.15) is 86.1 Å². The molecule has 2 aromatic heterocycles. The smallest absolute Gasteiger partial charge is 0.356 e. The van der Waals surface area contributed by atoms with Gasteiger partial charge in [0.25, 0.3) is 18.1 Å². The third-order valence-corrected chi connectivity index (χ3v) is 18.7. The Bertz CT molecular complexity index is 4220. The lowest BCUT2D eigenvalue weighted by molar-refractivity contribution is -0.170. The molecule has 2 amide bonds. The Kier molecular flexibility index (Phi) is 19.1. The summed E-state index contributed by atoms with van der Waals surface area (Å²) in [7, 11) is 0. The first-order valence-corrected chi connectivity index (χ1v) is 32.9. The first-order valence-electron chi connectivity index (χ1n) is 30.4. The van der Waals surface area contributed by atoms with Crippen LogP contribution in [0, 0.1) is 0 Å². The fourth-order valence-corrected chi connectivity index (χ4v) is 14.1. The number of carbonyl (C=O) groups is 3. The molecule has 17 heteroatoms. The number of nitrogens with one attached hydrogen (secondary N) is 2. The number of carbonyl (C=O) groups excluding carboxylic acids is 3. The predicted octanol–water partition coefficient (Wildman–Crippen LogP) is 15.3. The molecule has 0 radical (unpaired) electrons. The Balaban J connectivity index is 0.883. The number of thiazole rings is 1. The largest absolute Gasteiger partial charge is 0.504 e. The Morgan fingerprint density at radius 1 is 0.617 bits per heavy atom. The van der Waals surface area contributed by atoms with Crippen LogP contribution in [-0.4, -0.2) is 66.5 Å². The van der Waals surface area contributed by atoms with Crippen LogP contribution in [0.2, 0.25) is 0 Å². The minimum absolute atomic E-state index is 0.0199. The van der Waals surface area contributed by atoms with Gasteiger partial charge in [-0.05, 0) is 55.6 Å². The van der Waals surface area contributed by atoms with Crippen molar-refractivity contribution in [2.75, 3.05) is 16.9 Å². The number of β-lactam (4-membered cyclic amide) rings is 1. The number of alkyl halides is 1. The van der Waals surface area contributed by atoms with Gasteiger partial charge in [0.2, 0.25) is 0 Å². The van der Waals surface area contributed by atoms with E-state index >= 15 is 4.79 Å². The Labute approximate surface area is 557 Å². The van der Waals surface area contributed by atoms with Crippen LogP contribution in [0.4, 0.5) is 5.13 Å². The summed E-state index contributed by atoms with van der Waals surface area (Å²) in [6, 6.07) is 87.3. The number of aromatic hydroxyl groups is 1. The maximum absolute atomic E-state index is 15.6. The Morgan fingerprint density at radius 2 is 1.05 bits per heavy atom. The van der Waals surface area contributed by atoms with E-state index in [-0.39, 0.29) is 45.9 Å². The molecule has 0 aliphatic carbocycles. The highest BCUT2D eigenvalue weighted by Gasteiger charge is 2.55. The van der Waals surface area contributed by atoms with Crippen LogP contribution < -0.4 is 15.4 Å². The number of aromatic nitrogens is 2. The molecule has 0 bridgehead atoms. The minimum atomic E-state index is -1.55. The van der Waals surface area contributed by atoms with Gasteiger partial charge in [0, 0.05) is 23.1 Å². The number of thioether (sulfide) groups is 1. The number of nitrogens with zero attached hydrogens (tertiary/aromatic N) is 4. The third-order valence-electron chi connectivity index (χ3n) is 16.3. The zero-order valence-electron chi connectivity index (χ0n) is 50.4. The second-order valence-electron chi connectivity index (χ2n) is 22.2. The van der Waals surface area contributed by atoms with Crippen molar-refractivity contribution < 1.29 is 38.5 Å². The lowest BCUT2D eigenvalue weighted by Gasteiger charge is -2.49. The van der Waals surface area contributed by atoms with Crippen molar-refractivity contribution in [2.45, 2.75) is 41.6 Å². The SMILES string of the molecule is O=C(N[C@@H]1C(=O)N2C(C(=O)OC(c3ccccc3)c3ccccc3)=C(CCl)CS[C@H]12)C(=NOC(OC(c1ccccc1)c1ccccc1)c1cc(O)c(OC(c2ccccc2)c2ccccc2)cn1)c1csc(NC(c2ccccc2)(c2ccccc2)c2ccccc2)n1. The van der Waals surface area contributed by atoms with Crippen LogP contribution in [-0.2, 0) is 34.2 Å². The molecule has 2 aliphatic heterocycles. The number of pyridine rings is 1. The van der Waals surface area contributed by atoms with Crippen LogP contribution in [0.3, 0.4) is 0 Å². The fourth-order valence-electron chi connectivity index (χ4n) is 11.7. The topological polar surface area (TPSA) is 174 Å². The van der Waals surface area contributed by atoms with Crippen molar-refractivity contribution in [2.24, 2.45) is 5.16 Å². The van der Waals surface area contributed by atoms with E-state index in [2.05, 4.69) is 15.8 Å². The summed E-state index contributed by atoms with van der Waals surface area (Å²) < 4.78 is 20.0. The standard InChI is InChI=1S/C77H61ClN6O8S2/c78-47-57-49-93-73-66(72(87)84(73)67(57)74(88)90-69(53-32-14-3-15-33-53)54-34-16-4-17-35-54)81-71(86)65(62-50-94-76(80-62)82-77(58-40-22-7-23-41-58,59-42-24-8-25-43-59)60-44-26-9-27-45-60)83-92-75(91-70(55-36-18-5-19-37-55)56-38-20-6-21-39-56)61-46-63(85)64(48-79-61)89-68(51-28-10-1-11-29-51)52-30-12-2-13-31-52/h1-46,48,50,66,68-70,73,75H,47,49H2,(H,79,85)(H,80,82)(H,81,86)/t66-,73-,75?/m1/s1. The highest BCUT2D eigenvalue weighted by molar-refractivity contribution is 8.00. The molecule has 0 saturated carbocycles. The minimum Gasteiger partial charge on any atom is -0.504 e. The van der Waals surface area contributed by atoms with Gasteiger partial charge < -0.3 is 34.8 Å². The Morgan fingerprint density at radius 3 is 1.50 bits per heavy atom. The van der Waals surface area contributed by atoms with Crippen molar-refractivity contribution >= 4 is 63.3 Å². The number of halogens is 1. The molecule has 2 aliphatic rings. The molecule has 0 spiro atoms. The van der Waals surface area contributed by atoms with E-state index in [0.717, 1.165) is 50.1 Å². The number of hydrogen-bond acceptors (Lipinski definition) is 14. The van der Waals surface area contributed by atoms with Crippen LogP contribution in [0.5, 0.6) is 11.5 Å².